The van der Waals surface area contributed by atoms with E-state index in [9.17, 15) is 9.18 Å². The molecule has 0 fully saturated rings. The van der Waals surface area contributed by atoms with Crippen molar-refractivity contribution in [2.45, 2.75) is 27.4 Å². The Morgan fingerprint density at radius 2 is 1.80 bits per heavy atom. The number of carbonyl (C=O) groups excluding carboxylic acids is 1. The summed E-state index contributed by atoms with van der Waals surface area (Å²) in [4.78, 5) is 21.8. The van der Waals surface area contributed by atoms with E-state index in [-0.39, 0.29) is 18.1 Å². The van der Waals surface area contributed by atoms with Gasteiger partial charge in [-0.1, -0.05) is 17.3 Å². The molecule has 0 aliphatic heterocycles. The molecule has 0 radical (unpaired) electrons. The molecule has 1 amide bonds. The van der Waals surface area contributed by atoms with Gasteiger partial charge in [0.2, 0.25) is 0 Å². The summed E-state index contributed by atoms with van der Waals surface area (Å²) in [6.45, 7) is 5.39. The molecule has 0 aliphatic carbocycles. The number of carbonyl (C=O) groups is 1. The van der Waals surface area contributed by atoms with Crippen molar-refractivity contribution < 1.29 is 18.4 Å². The fourth-order valence-corrected chi connectivity index (χ4v) is 2.95. The van der Waals surface area contributed by atoms with Gasteiger partial charge in [0.1, 0.15) is 12.4 Å². The number of hydrogen-bond donors (Lipinski definition) is 1. The lowest BCUT2D eigenvalue weighted by Crippen LogP contribution is -2.15. The van der Waals surface area contributed by atoms with Crippen molar-refractivity contribution in [3.8, 4) is 5.75 Å². The van der Waals surface area contributed by atoms with Gasteiger partial charge in [-0.05, 0) is 51.1 Å². The fourth-order valence-electron chi connectivity index (χ4n) is 2.95. The third kappa shape index (κ3) is 3.84. The first-order valence-electron chi connectivity index (χ1n) is 9.31. The number of fused-ring (bicyclic) bond motifs is 1. The van der Waals surface area contributed by atoms with E-state index in [4.69, 9.17) is 9.26 Å². The maximum absolute atomic E-state index is 13.8. The molecule has 8 heteroatoms. The lowest BCUT2D eigenvalue weighted by atomic mass is 10.2. The molecule has 0 saturated heterocycles. The Morgan fingerprint density at radius 3 is 2.57 bits per heavy atom. The first kappa shape index (κ1) is 19.5. The maximum Gasteiger partial charge on any atom is 0.278 e. The molecular formula is C22H19FN4O3. The third-order valence-corrected chi connectivity index (χ3v) is 4.74. The normalized spacial score (nSPS) is 10.9. The van der Waals surface area contributed by atoms with Crippen LogP contribution < -0.4 is 10.1 Å². The van der Waals surface area contributed by atoms with Crippen LogP contribution in [0.15, 0.2) is 47.0 Å². The Kier molecular flexibility index (Phi) is 5.14. The summed E-state index contributed by atoms with van der Waals surface area (Å²) in [5, 5.41) is 6.63. The average molecular weight is 406 g/mol. The Hall–Kier alpha value is -3.81. The molecule has 2 aromatic heterocycles. The van der Waals surface area contributed by atoms with E-state index in [1.165, 1.54) is 12.1 Å². The van der Waals surface area contributed by atoms with Crippen molar-refractivity contribution in [2.24, 2.45) is 0 Å². The number of aryl methyl sites for hydroxylation is 3. The second kappa shape index (κ2) is 7.90. The van der Waals surface area contributed by atoms with Gasteiger partial charge >= 0.3 is 0 Å². The molecule has 0 spiro atoms. The van der Waals surface area contributed by atoms with Gasteiger partial charge in [0.25, 0.3) is 5.91 Å². The average Bonchev–Trinajstić information content (AvgIpc) is 3.09. The molecule has 7 nitrogen and oxygen atoms in total. The minimum atomic E-state index is -0.486. The largest absolute Gasteiger partial charge is 0.486 e. The van der Waals surface area contributed by atoms with Crippen LogP contribution in [0.5, 0.6) is 5.75 Å². The molecule has 0 saturated carbocycles. The summed E-state index contributed by atoms with van der Waals surface area (Å²) in [6.07, 6.45) is 0. The summed E-state index contributed by atoms with van der Waals surface area (Å²) in [5.74, 6) is -0.439. The number of hydrogen-bond acceptors (Lipinski definition) is 6. The highest BCUT2D eigenvalue weighted by Crippen LogP contribution is 2.22. The molecular weight excluding hydrogens is 387 g/mol. The van der Waals surface area contributed by atoms with Gasteiger partial charge < -0.3 is 14.6 Å². The van der Waals surface area contributed by atoms with Crippen LogP contribution in [-0.2, 0) is 6.61 Å². The van der Waals surface area contributed by atoms with E-state index < -0.39 is 11.7 Å². The van der Waals surface area contributed by atoms with E-state index in [0.29, 0.717) is 22.5 Å². The van der Waals surface area contributed by atoms with Crippen molar-refractivity contribution in [1.82, 2.24) is 15.1 Å². The first-order valence-corrected chi connectivity index (χ1v) is 9.31. The molecule has 0 atom stereocenters. The van der Waals surface area contributed by atoms with Gasteiger partial charge in [-0.2, -0.15) is 0 Å². The van der Waals surface area contributed by atoms with E-state index in [2.05, 4.69) is 20.4 Å². The van der Waals surface area contributed by atoms with Crippen LogP contribution in [-0.4, -0.2) is 21.0 Å². The lowest BCUT2D eigenvalue weighted by molar-refractivity contribution is 0.101. The van der Waals surface area contributed by atoms with E-state index in [1.54, 1.807) is 37.3 Å². The molecule has 4 rings (SSSR count). The number of para-hydroxylation sites is 1. The van der Waals surface area contributed by atoms with E-state index in [1.807, 2.05) is 13.8 Å². The number of halogens is 1. The number of nitrogens with one attached hydrogen (secondary N) is 1. The topological polar surface area (TPSA) is 90.1 Å². The van der Waals surface area contributed by atoms with Crippen molar-refractivity contribution in [3.05, 3.63) is 76.7 Å². The van der Waals surface area contributed by atoms with E-state index >= 15 is 0 Å². The maximum atomic E-state index is 13.8. The van der Waals surface area contributed by atoms with Gasteiger partial charge in [0.05, 0.1) is 28.0 Å². The third-order valence-electron chi connectivity index (χ3n) is 4.74. The van der Waals surface area contributed by atoms with Crippen LogP contribution >= 0.6 is 0 Å². The fraction of sp³-hybridized carbons (Fsp3) is 0.182. The summed E-state index contributed by atoms with van der Waals surface area (Å²) in [7, 11) is 0. The Morgan fingerprint density at radius 1 is 1.07 bits per heavy atom. The monoisotopic (exact) mass is 406 g/mol. The van der Waals surface area contributed by atoms with Crippen LogP contribution in [0.2, 0.25) is 0 Å². The van der Waals surface area contributed by atoms with Crippen LogP contribution in [0.1, 0.15) is 33.2 Å². The molecule has 1 N–H and O–H groups in total. The first-order chi connectivity index (χ1) is 14.4. The van der Waals surface area contributed by atoms with Crippen molar-refractivity contribution in [1.29, 1.82) is 0 Å². The predicted molar refractivity (Wildman–Crippen MR) is 109 cm³/mol. The number of benzene rings is 2. The summed E-state index contributed by atoms with van der Waals surface area (Å²) in [6, 6.07) is 11.3. The molecule has 152 valence electrons. The molecule has 0 bridgehead atoms. The van der Waals surface area contributed by atoms with E-state index in [0.717, 1.165) is 16.9 Å². The Balaban J connectivity index is 1.55. The molecule has 30 heavy (non-hydrogen) atoms. The number of amides is 1. The zero-order chi connectivity index (χ0) is 21.3. The standard InChI is InChI=1S/C22H19FN4O3/c1-12-13(2)25-19-10-15(8-9-18(19)24-12)26-22(28)21-16(14(3)30-27-21)11-29-20-7-5-4-6-17(20)23/h4-10H,11H2,1-3H3,(H,26,28). The molecule has 2 aromatic carbocycles. The highest BCUT2D eigenvalue weighted by atomic mass is 19.1. The number of ether oxygens (including phenoxy) is 1. The second-order valence-corrected chi connectivity index (χ2v) is 6.84. The second-order valence-electron chi connectivity index (χ2n) is 6.84. The Labute approximate surface area is 171 Å². The minimum Gasteiger partial charge on any atom is -0.486 e. The lowest BCUT2D eigenvalue weighted by Gasteiger charge is -2.09. The summed E-state index contributed by atoms with van der Waals surface area (Å²) >= 11 is 0. The molecule has 4 aromatic rings. The summed E-state index contributed by atoms with van der Waals surface area (Å²) in [5.41, 5.74) is 4.18. The zero-order valence-electron chi connectivity index (χ0n) is 16.7. The molecule has 0 aliphatic rings. The highest BCUT2D eigenvalue weighted by molar-refractivity contribution is 6.04. The van der Waals surface area contributed by atoms with Gasteiger partial charge in [0, 0.05) is 5.69 Å². The van der Waals surface area contributed by atoms with Crippen molar-refractivity contribution in [3.63, 3.8) is 0 Å². The van der Waals surface area contributed by atoms with Crippen LogP contribution in [0, 0.1) is 26.6 Å². The number of anilines is 1. The quantitative estimate of drug-likeness (QED) is 0.524. The summed E-state index contributed by atoms with van der Waals surface area (Å²) < 4.78 is 24.5. The molecule has 2 heterocycles. The van der Waals surface area contributed by atoms with Crippen molar-refractivity contribution >= 4 is 22.6 Å². The smallest absolute Gasteiger partial charge is 0.278 e. The van der Waals surface area contributed by atoms with Crippen molar-refractivity contribution in [2.75, 3.05) is 5.32 Å². The van der Waals surface area contributed by atoms with Crippen LogP contribution in [0.4, 0.5) is 10.1 Å². The van der Waals surface area contributed by atoms with Crippen LogP contribution in [0.3, 0.4) is 0 Å². The van der Waals surface area contributed by atoms with Crippen LogP contribution in [0.25, 0.3) is 11.0 Å². The number of rotatable bonds is 5. The zero-order valence-corrected chi connectivity index (χ0v) is 16.7. The van der Waals surface area contributed by atoms with Gasteiger partial charge in [-0.25, -0.2) is 14.4 Å². The number of nitrogens with zero attached hydrogens (tertiary/aromatic N) is 3. The highest BCUT2D eigenvalue weighted by Gasteiger charge is 2.21. The minimum absolute atomic E-state index is 0.0549. The predicted octanol–water partition coefficient (Wildman–Crippen LogP) is 4.51. The molecule has 0 unspecified atom stereocenters. The SMILES string of the molecule is Cc1nc2ccc(NC(=O)c3noc(C)c3COc3ccccc3F)cc2nc1C. The number of aromatic nitrogens is 3. The van der Waals surface area contributed by atoms with Gasteiger partial charge in [-0.3, -0.25) is 4.79 Å². The van der Waals surface area contributed by atoms with Gasteiger partial charge in [-0.15, -0.1) is 0 Å². The Bertz CT molecular complexity index is 1250. The van der Waals surface area contributed by atoms with Gasteiger partial charge in [0.15, 0.2) is 17.3 Å².